The molecule has 3 rings (SSSR count). The first-order valence-corrected chi connectivity index (χ1v) is 8.85. The van der Waals surface area contributed by atoms with Crippen LogP contribution < -0.4 is 4.72 Å². The first-order chi connectivity index (χ1) is 11.3. The molecule has 0 radical (unpaired) electrons. The van der Waals surface area contributed by atoms with Crippen LogP contribution in [0.2, 0.25) is 0 Å². The van der Waals surface area contributed by atoms with E-state index in [1.54, 1.807) is 55.4 Å². The number of rotatable bonds is 5. The van der Waals surface area contributed by atoms with E-state index in [2.05, 4.69) is 14.8 Å². The predicted octanol–water partition coefficient (Wildman–Crippen LogP) is 2.17. The summed E-state index contributed by atoms with van der Waals surface area (Å²) < 4.78 is 34.2. The minimum absolute atomic E-state index is 0.201. The Morgan fingerprint density at radius 3 is 2.46 bits per heavy atom. The van der Waals surface area contributed by atoms with Gasteiger partial charge in [0.05, 0.1) is 10.6 Å². The van der Waals surface area contributed by atoms with E-state index in [0.717, 1.165) is 16.8 Å². The number of oxazole rings is 1. The van der Waals surface area contributed by atoms with Crippen LogP contribution in [-0.4, -0.2) is 23.2 Å². The largest absolute Gasteiger partial charge is 0.449 e. The maximum absolute atomic E-state index is 12.4. The molecule has 0 amide bonds. The monoisotopic (exact) mass is 346 g/mol. The highest BCUT2D eigenvalue weighted by molar-refractivity contribution is 7.89. The van der Waals surface area contributed by atoms with Gasteiger partial charge < -0.3 is 4.42 Å². The maximum atomic E-state index is 12.4. The van der Waals surface area contributed by atoms with Crippen molar-refractivity contribution < 1.29 is 12.8 Å². The Morgan fingerprint density at radius 2 is 1.92 bits per heavy atom. The average Bonchev–Trinajstić information content (AvgIpc) is 3.11. The number of aromatic nitrogens is 3. The number of nitrogens with zero attached hydrogens (tertiary/aromatic N) is 3. The fourth-order valence-electron chi connectivity index (χ4n) is 2.38. The SMILES string of the molecule is Cc1nc(-c2ccc(S(=O)(=O)NCc3cn(C)nc3C)cc2)co1. The number of sulfonamides is 1. The van der Waals surface area contributed by atoms with Crippen LogP contribution in [-0.2, 0) is 23.6 Å². The van der Waals surface area contributed by atoms with Crippen LogP contribution in [0.25, 0.3) is 11.3 Å². The summed E-state index contributed by atoms with van der Waals surface area (Å²) in [6.07, 6.45) is 3.34. The highest BCUT2D eigenvalue weighted by Crippen LogP contribution is 2.20. The second-order valence-electron chi connectivity index (χ2n) is 5.51. The average molecular weight is 346 g/mol. The van der Waals surface area contributed by atoms with E-state index in [9.17, 15) is 8.42 Å². The van der Waals surface area contributed by atoms with Gasteiger partial charge in [-0.3, -0.25) is 4.68 Å². The standard InChI is InChI=1S/C16H18N4O3S/c1-11-14(9-20(3)19-11)8-17-24(21,22)15-6-4-13(5-7-15)16-10-23-12(2)18-16/h4-7,9-10,17H,8H2,1-3H3. The Morgan fingerprint density at radius 1 is 1.21 bits per heavy atom. The topological polar surface area (TPSA) is 90.0 Å². The number of aryl methyl sites for hydroxylation is 3. The summed E-state index contributed by atoms with van der Waals surface area (Å²) in [6, 6.07) is 6.53. The van der Waals surface area contributed by atoms with Crippen LogP contribution in [0, 0.1) is 13.8 Å². The van der Waals surface area contributed by atoms with Crippen LogP contribution in [0.15, 0.2) is 46.0 Å². The molecule has 0 saturated heterocycles. The molecule has 0 aliphatic rings. The summed E-state index contributed by atoms with van der Waals surface area (Å²) in [5.74, 6) is 0.565. The van der Waals surface area contributed by atoms with Gasteiger partial charge >= 0.3 is 0 Å². The Hall–Kier alpha value is -2.45. The normalized spacial score (nSPS) is 11.8. The van der Waals surface area contributed by atoms with Gasteiger partial charge in [-0.2, -0.15) is 5.10 Å². The second kappa shape index (κ2) is 6.21. The van der Waals surface area contributed by atoms with E-state index in [-0.39, 0.29) is 11.4 Å². The molecule has 2 heterocycles. The molecular formula is C16H18N4O3S. The maximum Gasteiger partial charge on any atom is 0.240 e. The van der Waals surface area contributed by atoms with E-state index >= 15 is 0 Å². The van der Waals surface area contributed by atoms with Crippen LogP contribution in [0.5, 0.6) is 0 Å². The van der Waals surface area contributed by atoms with Crippen molar-refractivity contribution in [2.45, 2.75) is 25.3 Å². The molecule has 1 aromatic carbocycles. The molecule has 3 aromatic rings. The lowest BCUT2D eigenvalue weighted by Crippen LogP contribution is -2.23. The summed E-state index contributed by atoms with van der Waals surface area (Å²) >= 11 is 0. The zero-order valence-corrected chi connectivity index (χ0v) is 14.5. The van der Waals surface area contributed by atoms with Crippen LogP contribution in [0.4, 0.5) is 0 Å². The number of hydrogen-bond donors (Lipinski definition) is 1. The van der Waals surface area contributed by atoms with Crippen molar-refractivity contribution in [1.29, 1.82) is 0 Å². The molecule has 0 aliphatic carbocycles. The van der Waals surface area contributed by atoms with Gasteiger partial charge in [0, 0.05) is 37.8 Å². The highest BCUT2D eigenvalue weighted by Gasteiger charge is 2.15. The van der Waals surface area contributed by atoms with Gasteiger partial charge in [-0.1, -0.05) is 12.1 Å². The molecule has 0 bridgehead atoms. The highest BCUT2D eigenvalue weighted by atomic mass is 32.2. The Kier molecular flexibility index (Phi) is 4.25. The third kappa shape index (κ3) is 3.39. The van der Waals surface area contributed by atoms with E-state index in [0.29, 0.717) is 11.6 Å². The molecule has 0 saturated carbocycles. The number of nitrogens with one attached hydrogen (secondary N) is 1. The fourth-order valence-corrected chi connectivity index (χ4v) is 3.39. The van der Waals surface area contributed by atoms with Gasteiger partial charge in [-0.05, 0) is 19.1 Å². The molecule has 7 nitrogen and oxygen atoms in total. The van der Waals surface area contributed by atoms with E-state index in [1.165, 1.54) is 0 Å². The summed E-state index contributed by atoms with van der Waals surface area (Å²) in [6.45, 7) is 3.80. The molecule has 24 heavy (non-hydrogen) atoms. The lowest BCUT2D eigenvalue weighted by molar-refractivity contribution is 0.521. The fraction of sp³-hybridized carbons (Fsp3) is 0.250. The van der Waals surface area contributed by atoms with Crippen molar-refractivity contribution in [3.63, 3.8) is 0 Å². The molecule has 8 heteroatoms. The quantitative estimate of drug-likeness (QED) is 0.765. The van der Waals surface area contributed by atoms with Crippen molar-refractivity contribution in [1.82, 2.24) is 19.5 Å². The first kappa shape index (κ1) is 16.4. The third-order valence-electron chi connectivity index (χ3n) is 3.65. The predicted molar refractivity (Wildman–Crippen MR) is 88.6 cm³/mol. The van der Waals surface area contributed by atoms with Gasteiger partial charge in [0.25, 0.3) is 0 Å². The lowest BCUT2D eigenvalue weighted by atomic mass is 10.2. The van der Waals surface area contributed by atoms with Crippen molar-refractivity contribution >= 4 is 10.0 Å². The smallest absolute Gasteiger partial charge is 0.240 e. The van der Waals surface area contributed by atoms with Crippen molar-refractivity contribution in [2.75, 3.05) is 0 Å². The molecule has 0 aliphatic heterocycles. The van der Waals surface area contributed by atoms with Gasteiger partial charge in [0.15, 0.2) is 5.89 Å². The van der Waals surface area contributed by atoms with Crippen LogP contribution >= 0.6 is 0 Å². The van der Waals surface area contributed by atoms with Crippen molar-refractivity contribution in [2.24, 2.45) is 7.05 Å². The Balaban J connectivity index is 1.76. The van der Waals surface area contributed by atoms with E-state index in [1.807, 2.05) is 6.92 Å². The molecule has 0 fully saturated rings. The third-order valence-corrected chi connectivity index (χ3v) is 5.06. The van der Waals surface area contributed by atoms with Gasteiger partial charge in [0.1, 0.15) is 12.0 Å². The first-order valence-electron chi connectivity index (χ1n) is 7.36. The number of benzene rings is 1. The van der Waals surface area contributed by atoms with Crippen molar-refractivity contribution in [3.8, 4) is 11.3 Å². The molecule has 126 valence electrons. The molecule has 0 spiro atoms. The molecule has 0 atom stereocenters. The summed E-state index contributed by atoms with van der Waals surface area (Å²) in [5.41, 5.74) is 3.12. The Labute approximate surface area is 140 Å². The molecular weight excluding hydrogens is 328 g/mol. The lowest BCUT2D eigenvalue weighted by Gasteiger charge is -2.07. The molecule has 2 aromatic heterocycles. The van der Waals surface area contributed by atoms with Crippen LogP contribution in [0.1, 0.15) is 17.1 Å². The Bertz CT molecular complexity index is 956. The minimum atomic E-state index is -3.59. The second-order valence-corrected chi connectivity index (χ2v) is 7.28. The number of hydrogen-bond acceptors (Lipinski definition) is 5. The van der Waals surface area contributed by atoms with E-state index in [4.69, 9.17) is 4.42 Å². The summed E-state index contributed by atoms with van der Waals surface area (Å²) in [7, 11) is -1.79. The zero-order chi connectivity index (χ0) is 17.3. The molecule has 0 unspecified atom stereocenters. The van der Waals surface area contributed by atoms with Crippen LogP contribution in [0.3, 0.4) is 0 Å². The van der Waals surface area contributed by atoms with Gasteiger partial charge in [-0.25, -0.2) is 18.1 Å². The van der Waals surface area contributed by atoms with Gasteiger partial charge in [-0.15, -0.1) is 0 Å². The molecule has 1 N–H and O–H groups in total. The summed E-state index contributed by atoms with van der Waals surface area (Å²) in [4.78, 5) is 4.42. The van der Waals surface area contributed by atoms with Crippen molar-refractivity contribution in [3.05, 3.63) is 53.9 Å². The van der Waals surface area contributed by atoms with E-state index < -0.39 is 10.0 Å². The zero-order valence-electron chi connectivity index (χ0n) is 13.6. The van der Waals surface area contributed by atoms with Gasteiger partial charge in [0.2, 0.25) is 10.0 Å². The minimum Gasteiger partial charge on any atom is -0.449 e. The summed E-state index contributed by atoms with van der Waals surface area (Å²) in [5, 5.41) is 4.20.